The minimum absolute atomic E-state index is 0.422. The number of hydrogen-bond acceptors (Lipinski definition) is 1. The predicted molar refractivity (Wildman–Crippen MR) is 234 cm³/mol. The van der Waals surface area contributed by atoms with E-state index in [1.165, 1.54) is 77.9 Å². The lowest BCUT2D eigenvalue weighted by atomic mass is 9.70. The molecule has 9 aromatic carbocycles. The van der Waals surface area contributed by atoms with Crippen molar-refractivity contribution >= 4 is 17.1 Å². The third kappa shape index (κ3) is 4.88. The molecule has 262 valence electrons. The summed E-state index contributed by atoms with van der Waals surface area (Å²) in [5, 5.41) is 0. The maximum absolute atomic E-state index is 2.48. The second-order valence-electron chi connectivity index (χ2n) is 14.8. The zero-order valence-corrected chi connectivity index (χ0v) is 30.8. The lowest BCUT2D eigenvalue weighted by Gasteiger charge is -2.32. The summed E-state index contributed by atoms with van der Waals surface area (Å²) >= 11 is 0. The van der Waals surface area contributed by atoms with Crippen molar-refractivity contribution in [3.8, 4) is 55.6 Å². The fourth-order valence-corrected chi connectivity index (χ4v) is 9.52. The summed E-state index contributed by atoms with van der Waals surface area (Å²) in [5.74, 6) is 0. The van der Waals surface area contributed by atoms with Gasteiger partial charge in [-0.3, -0.25) is 0 Å². The maximum atomic E-state index is 2.48. The van der Waals surface area contributed by atoms with Crippen molar-refractivity contribution < 1.29 is 0 Å². The summed E-state index contributed by atoms with van der Waals surface area (Å²) < 4.78 is 0. The zero-order valence-electron chi connectivity index (χ0n) is 30.8. The van der Waals surface area contributed by atoms with Gasteiger partial charge in [0.1, 0.15) is 0 Å². The molecule has 0 heterocycles. The topological polar surface area (TPSA) is 3.24 Å². The van der Waals surface area contributed by atoms with Crippen LogP contribution in [0.4, 0.5) is 17.1 Å². The van der Waals surface area contributed by atoms with Crippen molar-refractivity contribution in [1.29, 1.82) is 0 Å². The summed E-state index contributed by atoms with van der Waals surface area (Å²) in [6.45, 7) is 0. The fraction of sp³-hybridized carbons (Fsp3) is 0.0182. The van der Waals surface area contributed by atoms with Crippen LogP contribution in [0, 0.1) is 0 Å². The number of rotatable bonds is 6. The largest absolute Gasteiger partial charge is 0.310 e. The molecular formula is C55H37N. The van der Waals surface area contributed by atoms with Crippen LogP contribution >= 0.6 is 0 Å². The average molecular weight is 712 g/mol. The quantitative estimate of drug-likeness (QED) is 0.166. The van der Waals surface area contributed by atoms with Crippen LogP contribution in [0.2, 0.25) is 0 Å². The summed E-state index contributed by atoms with van der Waals surface area (Å²) in [6, 6.07) is 82.4. The Morgan fingerprint density at radius 1 is 0.232 bits per heavy atom. The van der Waals surface area contributed by atoms with Crippen molar-refractivity contribution in [3.05, 3.63) is 247 Å². The Morgan fingerprint density at radius 3 is 1.23 bits per heavy atom. The SMILES string of the molecule is c1ccc(-c2ccc(N(c3cccc(-c4ccccc4-c4ccccc4)c3)c3ccc4c(c3)C3(c5ccccc5-c5ccccc53)c3ccccc3-4)cc2)cc1. The first-order chi connectivity index (χ1) is 27.8. The standard InChI is InChI=1S/C55H37N/c1-3-16-38(17-4-1)39-30-32-42(33-31-39)56(43-21-15-20-41(36-43)46-23-8-7-22-45(46)40-18-5-2-6-19-40)44-34-35-50-49-26-11-14-29-53(49)55(54(50)37-44)51-27-12-9-24-47(51)48-25-10-13-28-52(48)55/h1-37H. The van der Waals surface area contributed by atoms with Crippen molar-refractivity contribution in [2.24, 2.45) is 0 Å². The van der Waals surface area contributed by atoms with E-state index in [9.17, 15) is 0 Å². The molecule has 2 aliphatic rings. The van der Waals surface area contributed by atoms with Gasteiger partial charge in [0.15, 0.2) is 0 Å². The van der Waals surface area contributed by atoms with E-state index in [4.69, 9.17) is 0 Å². The van der Waals surface area contributed by atoms with Gasteiger partial charge in [0.2, 0.25) is 0 Å². The van der Waals surface area contributed by atoms with E-state index in [2.05, 4.69) is 229 Å². The molecular weight excluding hydrogens is 675 g/mol. The van der Waals surface area contributed by atoms with E-state index < -0.39 is 5.41 Å². The second-order valence-corrected chi connectivity index (χ2v) is 14.8. The number of benzene rings is 9. The van der Waals surface area contributed by atoms with Crippen LogP contribution in [-0.4, -0.2) is 0 Å². The smallest absolute Gasteiger partial charge is 0.0726 e. The summed E-state index contributed by atoms with van der Waals surface area (Å²) in [5.41, 5.74) is 20.7. The third-order valence-electron chi connectivity index (χ3n) is 11.9. The summed E-state index contributed by atoms with van der Waals surface area (Å²) in [6.07, 6.45) is 0. The molecule has 11 rings (SSSR count). The lowest BCUT2D eigenvalue weighted by Crippen LogP contribution is -2.26. The molecule has 9 aromatic rings. The van der Waals surface area contributed by atoms with Crippen molar-refractivity contribution in [2.45, 2.75) is 5.41 Å². The molecule has 56 heavy (non-hydrogen) atoms. The number of anilines is 3. The summed E-state index contributed by atoms with van der Waals surface area (Å²) in [4.78, 5) is 2.44. The summed E-state index contributed by atoms with van der Waals surface area (Å²) in [7, 11) is 0. The monoisotopic (exact) mass is 711 g/mol. The van der Waals surface area contributed by atoms with Crippen molar-refractivity contribution in [1.82, 2.24) is 0 Å². The highest BCUT2D eigenvalue weighted by Gasteiger charge is 2.51. The van der Waals surface area contributed by atoms with Crippen LogP contribution in [0.15, 0.2) is 224 Å². The van der Waals surface area contributed by atoms with Gasteiger partial charge in [-0.25, -0.2) is 0 Å². The third-order valence-corrected chi connectivity index (χ3v) is 11.9. The molecule has 0 amide bonds. The Hall–Kier alpha value is -7.22. The van der Waals surface area contributed by atoms with E-state index in [0.717, 1.165) is 17.1 Å². The molecule has 0 radical (unpaired) electrons. The first-order valence-electron chi connectivity index (χ1n) is 19.4. The highest BCUT2D eigenvalue weighted by atomic mass is 15.1. The highest BCUT2D eigenvalue weighted by Crippen LogP contribution is 2.63. The highest BCUT2D eigenvalue weighted by molar-refractivity contribution is 5.96. The number of hydrogen-bond donors (Lipinski definition) is 0. The molecule has 0 saturated heterocycles. The van der Waals surface area contributed by atoms with Gasteiger partial charge in [0, 0.05) is 17.1 Å². The minimum atomic E-state index is -0.422. The van der Waals surface area contributed by atoms with Gasteiger partial charge in [-0.1, -0.05) is 188 Å². The van der Waals surface area contributed by atoms with Gasteiger partial charge in [0.05, 0.1) is 5.41 Å². The van der Waals surface area contributed by atoms with Crippen LogP contribution in [0.25, 0.3) is 55.6 Å². The Kier molecular flexibility index (Phi) is 7.47. The fourth-order valence-electron chi connectivity index (χ4n) is 9.52. The molecule has 0 bridgehead atoms. The van der Waals surface area contributed by atoms with Crippen LogP contribution in [0.5, 0.6) is 0 Å². The minimum Gasteiger partial charge on any atom is -0.310 e. The van der Waals surface area contributed by atoms with Crippen LogP contribution in [0.1, 0.15) is 22.3 Å². The van der Waals surface area contributed by atoms with Crippen molar-refractivity contribution in [2.75, 3.05) is 4.90 Å². The second kappa shape index (κ2) is 13.0. The molecule has 0 saturated carbocycles. The number of fused-ring (bicyclic) bond motifs is 10. The van der Waals surface area contributed by atoms with Crippen LogP contribution in [0.3, 0.4) is 0 Å². The molecule has 1 heteroatoms. The molecule has 0 aliphatic heterocycles. The Bertz CT molecular complexity index is 2840. The molecule has 0 fully saturated rings. The molecule has 1 spiro atoms. The van der Waals surface area contributed by atoms with Crippen LogP contribution < -0.4 is 4.90 Å². The predicted octanol–water partition coefficient (Wildman–Crippen LogP) is 14.5. The van der Waals surface area contributed by atoms with E-state index in [1.807, 2.05) is 0 Å². The first kappa shape index (κ1) is 32.2. The molecule has 1 nitrogen and oxygen atoms in total. The van der Waals surface area contributed by atoms with E-state index >= 15 is 0 Å². The van der Waals surface area contributed by atoms with E-state index in [-0.39, 0.29) is 0 Å². The Balaban J connectivity index is 1.13. The van der Waals surface area contributed by atoms with Gasteiger partial charge in [-0.05, 0) is 114 Å². The Morgan fingerprint density at radius 2 is 0.643 bits per heavy atom. The number of nitrogens with zero attached hydrogens (tertiary/aromatic N) is 1. The normalized spacial score (nSPS) is 12.8. The molecule has 0 atom stereocenters. The molecule has 0 unspecified atom stereocenters. The van der Waals surface area contributed by atoms with Gasteiger partial charge in [-0.15, -0.1) is 0 Å². The molecule has 2 aliphatic carbocycles. The van der Waals surface area contributed by atoms with Gasteiger partial charge in [0.25, 0.3) is 0 Å². The van der Waals surface area contributed by atoms with Crippen LogP contribution in [-0.2, 0) is 5.41 Å². The van der Waals surface area contributed by atoms with E-state index in [0.29, 0.717) is 0 Å². The van der Waals surface area contributed by atoms with Gasteiger partial charge in [-0.2, -0.15) is 0 Å². The van der Waals surface area contributed by atoms with E-state index in [1.54, 1.807) is 0 Å². The Labute approximate surface area is 328 Å². The maximum Gasteiger partial charge on any atom is 0.0726 e. The molecule has 0 aromatic heterocycles. The molecule has 0 N–H and O–H groups in total. The van der Waals surface area contributed by atoms with Crippen molar-refractivity contribution in [3.63, 3.8) is 0 Å². The lowest BCUT2D eigenvalue weighted by molar-refractivity contribution is 0.793. The zero-order chi connectivity index (χ0) is 37.1. The average Bonchev–Trinajstić information content (AvgIpc) is 3.75. The van der Waals surface area contributed by atoms with Gasteiger partial charge >= 0.3 is 0 Å². The van der Waals surface area contributed by atoms with Gasteiger partial charge < -0.3 is 4.90 Å². The first-order valence-corrected chi connectivity index (χ1v) is 19.4.